The van der Waals surface area contributed by atoms with E-state index >= 15 is 0 Å². The summed E-state index contributed by atoms with van der Waals surface area (Å²) in [6.45, 7) is 4.70. The Morgan fingerprint density at radius 2 is 2.18 bits per heavy atom. The second kappa shape index (κ2) is 4.20. The number of carbonyl (C=O) groups excluding carboxylic acids is 1. The predicted molar refractivity (Wildman–Crippen MR) is 64.3 cm³/mol. The second-order valence-electron chi connectivity index (χ2n) is 4.72. The Balaban J connectivity index is 2.39. The molecule has 0 saturated carbocycles. The molecule has 0 unspecified atom stereocenters. The van der Waals surface area contributed by atoms with Crippen LogP contribution in [0, 0.1) is 5.92 Å². The average molecular weight is 233 g/mol. The summed E-state index contributed by atoms with van der Waals surface area (Å²) < 4.78 is 0. The Kier molecular flexibility index (Phi) is 2.88. The van der Waals surface area contributed by atoms with E-state index in [1.54, 1.807) is 23.1 Å². The highest BCUT2D eigenvalue weighted by Crippen LogP contribution is 2.30. The van der Waals surface area contributed by atoms with Gasteiger partial charge in [0.15, 0.2) is 0 Å². The van der Waals surface area contributed by atoms with E-state index in [1.165, 1.54) is 0 Å². The highest BCUT2D eigenvalue weighted by atomic mass is 16.4. The number of aromatic carboxylic acids is 1. The molecule has 0 bridgehead atoms. The van der Waals surface area contributed by atoms with Gasteiger partial charge in [0, 0.05) is 12.2 Å². The van der Waals surface area contributed by atoms with Crippen LogP contribution in [0.3, 0.4) is 0 Å². The molecule has 0 aliphatic carbocycles. The van der Waals surface area contributed by atoms with Crippen LogP contribution in [0.2, 0.25) is 0 Å². The number of benzene rings is 1. The van der Waals surface area contributed by atoms with Gasteiger partial charge in [-0.3, -0.25) is 4.79 Å². The number of rotatable bonds is 3. The summed E-state index contributed by atoms with van der Waals surface area (Å²) in [6, 6.07) is 4.87. The van der Waals surface area contributed by atoms with Crippen molar-refractivity contribution in [3.63, 3.8) is 0 Å². The highest BCUT2D eigenvalue weighted by Gasteiger charge is 2.28. The number of fused-ring (bicyclic) bond motifs is 1. The molecule has 4 heteroatoms. The lowest BCUT2D eigenvalue weighted by Crippen LogP contribution is -2.30. The lowest BCUT2D eigenvalue weighted by molar-refractivity contribution is -0.117. The Morgan fingerprint density at radius 3 is 2.76 bits per heavy atom. The molecule has 0 spiro atoms. The zero-order chi connectivity index (χ0) is 12.6. The first kappa shape index (κ1) is 11.6. The minimum Gasteiger partial charge on any atom is -0.478 e. The van der Waals surface area contributed by atoms with Gasteiger partial charge in [-0.15, -0.1) is 0 Å². The van der Waals surface area contributed by atoms with Gasteiger partial charge in [0.2, 0.25) is 5.91 Å². The van der Waals surface area contributed by atoms with Crippen molar-refractivity contribution < 1.29 is 14.7 Å². The molecule has 1 N–H and O–H groups in total. The summed E-state index contributed by atoms with van der Waals surface area (Å²) in [5, 5.41) is 8.95. The monoisotopic (exact) mass is 233 g/mol. The normalized spacial score (nSPS) is 14.3. The third-order valence-corrected chi connectivity index (χ3v) is 2.81. The first-order valence-electron chi connectivity index (χ1n) is 5.65. The Labute approximate surface area is 99.9 Å². The smallest absolute Gasteiger partial charge is 0.335 e. The predicted octanol–water partition coefficient (Wildman–Crippen LogP) is 1.93. The molecule has 0 radical (unpaired) electrons. The van der Waals surface area contributed by atoms with Crippen LogP contribution in [-0.4, -0.2) is 23.5 Å². The standard InChI is InChI=1S/C13H15NO3/c1-8(2)7-14-11-5-10(13(16)17)4-3-9(11)6-12(14)15/h3-5,8H,6-7H2,1-2H3,(H,16,17). The molecule has 0 fully saturated rings. The molecule has 1 aromatic rings. The summed E-state index contributed by atoms with van der Waals surface area (Å²) in [5.41, 5.74) is 1.90. The number of hydrogen-bond donors (Lipinski definition) is 1. The Hall–Kier alpha value is -1.84. The first-order valence-corrected chi connectivity index (χ1v) is 5.65. The van der Waals surface area contributed by atoms with E-state index in [0.29, 0.717) is 18.9 Å². The maximum atomic E-state index is 11.8. The molecule has 0 atom stereocenters. The van der Waals surface area contributed by atoms with Crippen LogP contribution in [0.15, 0.2) is 18.2 Å². The summed E-state index contributed by atoms with van der Waals surface area (Å²) in [5.74, 6) is -0.550. The number of carboxylic acids is 1. The van der Waals surface area contributed by atoms with Gasteiger partial charge in [0.05, 0.1) is 12.0 Å². The maximum Gasteiger partial charge on any atom is 0.335 e. The van der Waals surface area contributed by atoms with Gasteiger partial charge in [0.1, 0.15) is 0 Å². The molecule has 4 nitrogen and oxygen atoms in total. The van der Waals surface area contributed by atoms with Crippen molar-refractivity contribution in [2.45, 2.75) is 20.3 Å². The van der Waals surface area contributed by atoms with Crippen molar-refractivity contribution in [1.82, 2.24) is 0 Å². The van der Waals surface area contributed by atoms with Crippen molar-refractivity contribution in [3.05, 3.63) is 29.3 Å². The number of carboxylic acid groups (broad SMARTS) is 1. The molecule has 2 rings (SSSR count). The Morgan fingerprint density at radius 1 is 1.47 bits per heavy atom. The molecular weight excluding hydrogens is 218 g/mol. The number of carbonyl (C=O) groups is 2. The van der Waals surface area contributed by atoms with Crippen LogP contribution in [-0.2, 0) is 11.2 Å². The number of nitrogens with zero attached hydrogens (tertiary/aromatic N) is 1. The van der Waals surface area contributed by atoms with E-state index in [9.17, 15) is 9.59 Å². The van der Waals surface area contributed by atoms with Crippen molar-refractivity contribution in [1.29, 1.82) is 0 Å². The van der Waals surface area contributed by atoms with Gasteiger partial charge < -0.3 is 10.0 Å². The van der Waals surface area contributed by atoms with Crippen molar-refractivity contribution in [2.75, 3.05) is 11.4 Å². The van der Waals surface area contributed by atoms with Crippen LogP contribution in [0.25, 0.3) is 0 Å². The van der Waals surface area contributed by atoms with E-state index in [1.807, 2.05) is 13.8 Å². The SMILES string of the molecule is CC(C)CN1C(=O)Cc2ccc(C(=O)O)cc21. The zero-order valence-corrected chi connectivity index (χ0v) is 9.93. The van der Waals surface area contributed by atoms with Crippen LogP contribution in [0.1, 0.15) is 29.8 Å². The van der Waals surface area contributed by atoms with E-state index in [-0.39, 0.29) is 11.5 Å². The fourth-order valence-electron chi connectivity index (χ4n) is 2.06. The molecule has 90 valence electrons. The van der Waals surface area contributed by atoms with Crippen LogP contribution in [0.5, 0.6) is 0 Å². The van der Waals surface area contributed by atoms with E-state index in [2.05, 4.69) is 0 Å². The highest BCUT2D eigenvalue weighted by molar-refractivity contribution is 6.03. The summed E-state index contributed by atoms with van der Waals surface area (Å²) >= 11 is 0. The molecule has 0 aromatic heterocycles. The maximum absolute atomic E-state index is 11.8. The third kappa shape index (κ3) is 2.16. The molecule has 1 aliphatic heterocycles. The zero-order valence-electron chi connectivity index (χ0n) is 9.93. The summed E-state index contributed by atoms with van der Waals surface area (Å²) in [7, 11) is 0. The molecule has 17 heavy (non-hydrogen) atoms. The lowest BCUT2D eigenvalue weighted by Gasteiger charge is -2.19. The van der Waals surface area contributed by atoms with Crippen LogP contribution in [0.4, 0.5) is 5.69 Å². The first-order chi connectivity index (χ1) is 7.99. The molecular formula is C13H15NO3. The number of anilines is 1. The molecule has 1 heterocycles. The van der Waals surface area contributed by atoms with Gasteiger partial charge in [-0.25, -0.2) is 4.79 Å². The van der Waals surface area contributed by atoms with Crippen LogP contribution < -0.4 is 4.90 Å². The number of hydrogen-bond acceptors (Lipinski definition) is 2. The fraction of sp³-hybridized carbons (Fsp3) is 0.385. The molecule has 0 saturated heterocycles. The van der Waals surface area contributed by atoms with E-state index < -0.39 is 5.97 Å². The third-order valence-electron chi connectivity index (χ3n) is 2.81. The number of amides is 1. The van der Waals surface area contributed by atoms with Gasteiger partial charge >= 0.3 is 5.97 Å². The largest absolute Gasteiger partial charge is 0.478 e. The van der Waals surface area contributed by atoms with Crippen molar-refractivity contribution >= 4 is 17.6 Å². The van der Waals surface area contributed by atoms with Gasteiger partial charge in [-0.2, -0.15) is 0 Å². The lowest BCUT2D eigenvalue weighted by atomic mass is 10.1. The minimum absolute atomic E-state index is 0.0521. The molecule has 1 aliphatic rings. The molecule has 1 amide bonds. The van der Waals surface area contributed by atoms with Crippen molar-refractivity contribution in [2.24, 2.45) is 5.92 Å². The quantitative estimate of drug-likeness (QED) is 0.867. The van der Waals surface area contributed by atoms with E-state index in [0.717, 1.165) is 11.3 Å². The van der Waals surface area contributed by atoms with Gasteiger partial charge in [-0.1, -0.05) is 19.9 Å². The van der Waals surface area contributed by atoms with Gasteiger partial charge in [-0.05, 0) is 23.6 Å². The second-order valence-corrected chi connectivity index (χ2v) is 4.72. The summed E-state index contributed by atoms with van der Waals surface area (Å²) in [4.78, 5) is 24.4. The van der Waals surface area contributed by atoms with Crippen LogP contribution >= 0.6 is 0 Å². The minimum atomic E-state index is -0.961. The van der Waals surface area contributed by atoms with E-state index in [4.69, 9.17) is 5.11 Å². The Bertz CT molecular complexity index is 480. The summed E-state index contributed by atoms with van der Waals surface area (Å²) in [6.07, 6.45) is 0.377. The molecule has 1 aromatic carbocycles. The topological polar surface area (TPSA) is 57.6 Å². The average Bonchev–Trinajstić information content (AvgIpc) is 2.54. The fourth-order valence-corrected chi connectivity index (χ4v) is 2.06. The van der Waals surface area contributed by atoms with Crippen molar-refractivity contribution in [3.8, 4) is 0 Å². The van der Waals surface area contributed by atoms with Gasteiger partial charge in [0.25, 0.3) is 0 Å².